The van der Waals surface area contributed by atoms with Gasteiger partial charge in [-0.15, -0.1) is 0 Å². The highest BCUT2D eigenvalue weighted by molar-refractivity contribution is 5.88. The third-order valence-electron chi connectivity index (χ3n) is 2.97. The quantitative estimate of drug-likeness (QED) is 0.835. The van der Waals surface area contributed by atoms with Gasteiger partial charge in [0.1, 0.15) is 11.8 Å². The zero-order valence-corrected chi connectivity index (χ0v) is 12.3. The van der Waals surface area contributed by atoms with Gasteiger partial charge >= 0.3 is 5.97 Å². The van der Waals surface area contributed by atoms with Crippen LogP contribution in [0.15, 0.2) is 24.3 Å². The highest BCUT2D eigenvalue weighted by Crippen LogP contribution is 2.19. The molecule has 1 atom stereocenters. The van der Waals surface area contributed by atoms with E-state index >= 15 is 0 Å². The van der Waals surface area contributed by atoms with Crippen molar-refractivity contribution in [1.29, 1.82) is 0 Å². The van der Waals surface area contributed by atoms with E-state index < -0.39 is 23.5 Å². The molecule has 0 saturated carbocycles. The topological polar surface area (TPSA) is 75.6 Å². The number of benzene rings is 1. The molecule has 5 heteroatoms. The number of hydrogen-bond donors (Lipinski definition) is 2. The number of amides is 1. The lowest BCUT2D eigenvalue weighted by atomic mass is 10.1. The summed E-state index contributed by atoms with van der Waals surface area (Å²) in [5.74, 6) is -0.973. The van der Waals surface area contributed by atoms with Gasteiger partial charge in [0.2, 0.25) is 0 Å². The highest BCUT2D eigenvalue weighted by Gasteiger charge is 2.32. The Morgan fingerprint density at radius 1 is 1.30 bits per heavy atom. The Kier molecular flexibility index (Phi) is 5.13. The fourth-order valence-electron chi connectivity index (χ4n) is 1.57. The summed E-state index contributed by atoms with van der Waals surface area (Å²) in [5.41, 5.74) is 0.0383. The van der Waals surface area contributed by atoms with Crippen LogP contribution >= 0.6 is 0 Å². The first kappa shape index (κ1) is 16.0. The van der Waals surface area contributed by atoms with Crippen LogP contribution in [0.1, 0.15) is 33.3 Å². The predicted octanol–water partition coefficient (Wildman–Crippen LogP) is 2.00. The Morgan fingerprint density at radius 2 is 1.85 bits per heavy atom. The third kappa shape index (κ3) is 4.26. The summed E-state index contributed by atoms with van der Waals surface area (Å²) in [5, 5.41) is 11.2. The van der Waals surface area contributed by atoms with Crippen molar-refractivity contribution in [3.05, 3.63) is 29.8 Å². The lowest BCUT2D eigenvalue weighted by Gasteiger charge is -2.26. The minimum Gasteiger partial charge on any atom is -0.480 e. The molecule has 0 spiro atoms. The zero-order chi connectivity index (χ0) is 15.3. The number of carbonyl (C=O) groups is 2. The molecule has 0 radical (unpaired) electrons. The van der Waals surface area contributed by atoms with Crippen LogP contribution in [0.4, 0.5) is 0 Å². The van der Waals surface area contributed by atoms with Gasteiger partial charge in [-0.1, -0.05) is 19.1 Å². The van der Waals surface area contributed by atoms with E-state index in [1.54, 1.807) is 26.0 Å². The zero-order valence-electron chi connectivity index (χ0n) is 12.3. The van der Waals surface area contributed by atoms with Gasteiger partial charge in [-0.3, -0.25) is 9.59 Å². The number of ether oxygens (including phenoxy) is 1. The second kappa shape index (κ2) is 6.41. The van der Waals surface area contributed by atoms with E-state index in [0.717, 1.165) is 6.42 Å². The highest BCUT2D eigenvalue weighted by atomic mass is 16.5. The van der Waals surface area contributed by atoms with E-state index in [-0.39, 0.29) is 0 Å². The van der Waals surface area contributed by atoms with Gasteiger partial charge in [0.25, 0.3) is 5.91 Å². The summed E-state index contributed by atoms with van der Waals surface area (Å²) in [6.07, 6.45) is 0.931. The average Bonchev–Trinajstić information content (AvgIpc) is 2.38. The molecule has 5 nitrogen and oxygen atoms in total. The second-order valence-corrected chi connectivity index (χ2v) is 5.14. The number of aliphatic carboxylic acids is 1. The van der Waals surface area contributed by atoms with E-state index in [4.69, 9.17) is 9.84 Å². The molecule has 0 aromatic heterocycles. The smallest absolute Gasteiger partial charge is 0.325 e. The standard InChI is InChI=1S/C15H21NO4/c1-5-11-6-8-12(9-7-11)20-15(3,4)14(19)16-10(2)13(17)18/h6-10H,5H2,1-4H3,(H,16,19)(H,17,18). The van der Waals surface area contributed by atoms with Gasteiger partial charge in [0, 0.05) is 0 Å². The number of aryl methyl sites for hydroxylation is 1. The number of carboxylic acid groups (broad SMARTS) is 1. The maximum Gasteiger partial charge on any atom is 0.325 e. The van der Waals surface area contributed by atoms with E-state index in [0.29, 0.717) is 5.75 Å². The second-order valence-electron chi connectivity index (χ2n) is 5.14. The Hall–Kier alpha value is -2.04. The summed E-state index contributed by atoms with van der Waals surface area (Å²) in [6.45, 7) is 6.67. The van der Waals surface area contributed by atoms with Crippen LogP contribution in [-0.4, -0.2) is 28.6 Å². The van der Waals surface area contributed by atoms with E-state index in [2.05, 4.69) is 12.2 Å². The summed E-state index contributed by atoms with van der Waals surface area (Å²) < 4.78 is 5.64. The van der Waals surface area contributed by atoms with E-state index in [1.807, 2.05) is 12.1 Å². The monoisotopic (exact) mass is 279 g/mol. The molecule has 1 rings (SSSR count). The molecule has 0 heterocycles. The van der Waals surface area contributed by atoms with Gasteiger partial charge in [-0.05, 0) is 44.9 Å². The first-order valence-electron chi connectivity index (χ1n) is 6.58. The molecule has 2 N–H and O–H groups in total. The number of carbonyl (C=O) groups excluding carboxylic acids is 1. The largest absolute Gasteiger partial charge is 0.480 e. The minimum atomic E-state index is -1.14. The van der Waals surface area contributed by atoms with Crippen LogP contribution in [0.3, 0.4) is 0 Å². The Labute approximate surface area is 118 Å². The predicted molar refractivity (Wildman–Crippen MR) is 75.8 cm³/mol. The Bertz CT molecular complexity index is 479. The van der Waals surface area contributed by atoms with Crippen LogP contribution in [0.25, 0.3) is 0 Å². The van der Waals surface area contributed by atoms with Crippen molar-refractivity contribution >= 4 is 11.9 Å². The van der Waals surface area contributed by atoms with Crippen molar-refractivity contribution in [2.24, 2.45) is 0 Å². The maximum atomic E-state index is 12.0. The van der Waals surface area contributed by atoms with Gasteiger partial charge in [-0.25, -0.2) is 0 Å². The lowest BCUT2D eigenvalue weighted by Crippen LogP contribution is -2.51. The van der Waals surface area contributed by atoms with Crippen molar-refractivity contribution < 1.29 is 19.4 Å². The number of carboxylic acids is 1. The summed E-state index contributed by atoms with van der Waals surface area (Å²) >= 11 is 0. The van der Waals surface area contributed by atoms with E-state index in [9.17, 15) is 9.59 Å². The molecule has 20 heavy (non-hydrogen) atoms. The summed E-state index contributed by atoms with van der Waals surface area (Å²) in [6, 6.07) is 6.52. The molecule has 0 aliphatic rings. The van der Waals surface area contributed by atoms with Crippen LogP contribution in [-0.2, 0) is 16.0 Å². The molecule has 0 aliphatic heterocycles. The van der Waals surface area contributed by atoms with Gasteiger partial charge in [-0.2, -0.15) is 0 Å². The van der Waals surface area contributed by atoms with Crippen LogP contribution in [0.5, 0.6) is 5.75 Å². The molecule has 0 bridgehead atoms. The fourth-order valence-corrected chi connectivity index (χ4v) is 1.57. The van der Waals surface area contributed by atoms with Crippen molar-refractivity contribution in [2.45, 2.75) is 45.8 Å². The van der Waals surface area contributed by atoms with Crippen molar-refractivity contribution in [3.63, 3.8) is 0 Å². The molecule has 1 aromatic carbocycles. The number of nitrogens with one attached hydrogen (secondary N) is 1. The number of rotatable bonds is 6. The minimum absolute atomic E-state index is 0.466. The van der Waals surface area contributed by atoms with Crippen LogP contribution in [0.2, 0.25) is 0 Å². The fraction of sp³-hybridized carbons (Fsp3) is 0.467. The Morgan fingerprint density at radius 3 is 2.30 bits per heavy atom. The number of hydrogen-bond acceptors (Lipinski definition) is 3. The molecule has 1 aromatic rings. The van der Waals surface area contributed by atoms with E-state index in [1.165, 1.54) is 12.5 Å². The van der Waals surface area contributed by atoms with Crippen molar-refractivity contribution in [1.82, 2.24) is 5.32 Å². The average molecular weight is 279 g/mol. The molecule has 0 fully saturated rings. The SMILES string of the molecule is CCc1ccc(OC(C)(C)C(=O)NC(C)C(=O)O)cc1. The molecule has 110 valence electrons. The normalized spacial score (nSPS) is 12.6. The summed E-state index contributed by atoms with van der Waals surface area (Å²) in [4.78, 5) is 22.7. The molecule has 0 aliphatic carbocycles. The third-order valence-corrected chi connectivity index (χ3v) is 2.97. The van der Waals surface area contributed by atoms with Gasteiger partial charge in [0.05, 0.1) is 0 Å². The molecule has 1 unspecified atom stereocenters. The maximum absolute atomic E-state index is 12.0. The molecular formula is C15H21NO4. The molecular weight excluding hydrogens is 258 g/mol. The van der Waals surface area contributed by atoms with Crippen molar-refractivity contribution in [2.75, 3.05) is 0 Å². The van der Waals surface area contributed by atoms with Gasteiger partial charge in [0.15, 0.2) is 5.60 Å². The lowest BCUT2D eigenvalue weighted by molar-refractivity contribution is -0.144. The molecule has 1 amide bonds. The van der Waals surface area contributed by atoms with Gasteiger partial charge < -0.3 is 15.2 Å². The Balaban J connectivity index is 2.72. The summed E-state index contributed by atoms with van der Waals surface area (Å²) in [7, 11) is 0. The van der Waals surface area contributed by atoms with Crippen molar-refractivity contribution in [3.8, 4) is 5.75 Å². The first-order chi connectivity index (χ1) is 9.26. The van der Waals surface area contributed by atoms with Crippen LogP contribution < -0.4 is 10.1 Å². The molecule has 0 saturated heterocycles. The van der Waals surface area contributed by atoms with Crippen LogP contribution in [0, 0.1) is 0 Å². The first-order valence-corrected chi connectivity index (χ1v) is 6.58.